The third-order valence-electron chi connectivity index (χ3n) is 4.05. The molecule has 0 unspecified atom stereocenters. The van der Waals surface area contributed by atoms with Gasteiger partial charge in [-0.2, -0.15) is 11.3 Å². The number of carbonyl (C=O) groups excluding carboxylic acids is 1. The fraction of sp³-hybridized carbons (Fsp3) is 0.471. The third kappa shape index (κ3) is 3.91. The molecule has 0 spiro atoms. The van der Waals surface area contributed by atoms with E-state index >= 15 is 0 Å². The molecular formula is C17H22N4O2S. The Kier molecular flexibility index (Phi) is 5.11. The monoisotopic (exact) mass is 346 g/mol. The molecule has 0 saturated heterocycles. The van der Waals surface area contributed by atoms with Crippen molar-refractivity contribution >= 4 is 17.2 Å². The van der Waals surface area contributed by atoms with Gasteiger partial charge in [0.25, 0.3) is 5.56 Å². The fourth-order valence-electron chi connectivity index (χ4n) is 2.93. The Hall–Kier alpha value is -1.99. The molecule has 24 heavy (non-hydrogen) atoms. The minimum Gasteiger partial charge on any atom is -0.335 e. The summed E-state index contributed by atoms with van der Waals surface area (Å²) < 4.78 is 1.71. The summed E-state index contributed by atoms with van der Waals surface area (Å²) in [5.41, 5.74) is 1.77. The van der Waals surface area contributed by atoms with Gasteiger partial charge in [0.1, 0.15) is 5.82 Å². The van der Waals surface area contributed by atoms with Gasteiger partial charge in [0.05, 0.1) is 18.7 Å². The third-order valence-corrected chi connectivity index (χ3v) is 4.78. The average molecular weight is 346 g/mol. The molecule has 2 aromatic heterocycles. The Balaban J connectivity index is 1.82. The van der Waals surface area contributed by atoms with Gasteiger partial charge in [-0.15, -0.1) is 0 Å². The summed E-state index contributed by atoms with van der Waals surface area (Å²) in [7, 11) is 3.89. The molecule has 6 nitrogen and oxygen atoms in total. The van der Waals surface area contributed by atoms with Gasteiger partial charge in [0, 0.05) is 25.7 Å². The highest BCUT2D eigenvalue weighted by molar-refractivity contribution is 7.07. The number of amides is 1. The van der Waals surface area contributed by atoms with Gasteiger partial charge < -0.3 is 9.80 Å². The Morgan fingerprint density at radius 1 is 1.38 bits per heavy atom. The number of hydrogen-bond acceptors (Lipinski definition) is 5. The van der Waals surface area contributed by atoms with E-state index in [1.165, 1.54) is 0 Å². The van der Waals surface area contributed by atoms with Crippen LogP contribution in [0.25, 0.3) is 0 Å². The summed E-state index contributed by atoms with van der Waals surface area (Å²) in [6, 6.07) is 3.58. The summed E-state index contributed by atoms with van der Waals surface area (Å²) in [5.74, 6) is 0.782. The zero-order valence-corrected chi connectivity index (χ0v) is 14.9. The number of hydrogen-bond donors (Lipinski definition) is 0. The van der Waals surface area contributed by atoms with E-state index in [2.05, 4.69) is 4.98 Å². The van der Waals surface area contributed by atoms with Crippen molar-refractivity contribution in [2.75, 3.05) is 20.6 Å². The number of nitrogens with zero attached hydrogens (tertiary/aromatic N) is 4. The van der Waals surface area contributed by atoms with Gasteiger partial charge in [-0.05, 0) is 42.9 Å². The van der Waals surface area contributed by atoms with E-state index in [4.69, 9.17) is 0 Å². The van der Waals surface area contributed by atoms with Gasteiger partial charge in [-0.3, -0.25) is 14.2 Å². The van der Waals surface area contributed by atoms with E-state index in [9.17, 15) is 9.59 Å². The lowest BCUT2D eigenvalue weighted by Crippen LogP contribution is -2.33. The maximum atomic E-state index is 12.6. The number of carbonyl (C=O) groups is 1. The highest BCUT2D eigenvalue weighted by atomic mass is 32.1. The lowest BCUT2D eigenvalue weighted by atomic mass is 10.2. The summed E-state index contributed by atoms with van der Waals surface area (Å²) >= 11 is 1.60. The molecular weight excluding hydrogens is 324 g/mol. The van der Waals surface area contributed by atoms with Crippen LogP contribution in [0, 0.1) is 0 Å². The predicted molar refractivity (Wildman–Crippen MR) is 93.9 cm³/mol. The second kappa shape index (κ2) is 7.27. The Labute approximate surface area is 145 Å². The molecule has 0 aliphatic carbocycles. The molecule has 1 aliphatic rings. The van der Waals surface area contributed by atoms with E-state index in [0.717, 1.165) is 17.7 Å². The lowest BCUT2D eigenvalue weighted by molar-refractivity contribution is -0.131. The molecule has 1 aliphatic heterocycles. The fourth-order valence-corrected chi connectivity index (χ4v) is 3.60. The molecule has 128 valence electrons. The second-order valence-electron chi connectivity index (χ2n) is 6.37. The van der Waals surface area contributed by atoms with Crippen LogP contribution < -0.4 is 5.56 Å². The molecule has 3 rings (SSSR count). The van der Waals surface area contributed by atoms with Gasteiger partial charge in [-0.1, -0.05) is 0 Å². The SMILES string of the molecule is CN(C)Cc1cc(=O)n2c(n1)CN(C(=O)Cc1ccsc1)CCC2. The maximum absolute atomic E-state index is 12.6. The number of rotatable bonds is 4. The van der Waals surface area contributed by atoms with Crippen molar-refractivity contribution in [2.45, 2.75) is 32.5 Å². The Morgan fingerprint density at radius 2 is 2.21 bits per heavy atom. The van der Waals surface area contributed by atoms with Crippen molar-refractivity contribution in [2.24, 2.45) is 0 Å². The zero-order chi connectivity index (χ0) is 17.1. The Morgan fingerprint density at radius 3 is 2.92 bits per heavy atom. The van der Waals surface area contributed by atoms with Crippen molar-refractivity contribution in [3.8, 4) is 0 Å². The van der Waals surface area contributed by atoms with Gasteiger partial charge in [0.15, 0.2) is 0 Å². The van der Waals surface area contributed by atoms with Crippen LogP contribution in [0.15, 0.2) is 27.7 Å². The number of aromatic nitrogens is 2. The molecule has 7 heteroatoms. The first kappa shape index (κ1) is 16.9. The van der Waals surface area contributed by atoms with Gasteiger partial charge in [-0.25, -0.2) is 4.98 Å². The van der Waals surface area contributed by atoms with Crippen molar-refractivity contribution in [3.05, 3.63) is 50.3 Å². The molecule has 0 bridgehead atoms. The highest BCUT2D eigenvalue weighted by Gasteiger charge is 2.21. The maximum Gasteiger partial charge on any atom is 0.253 e. The van der Waals surface area contributed by atoms with Crippen LogP contribution in [-0.2, 0) is 30.8 Å². The molecule has 0 saturated carbocycles. The van der Waals surface area contributed by atoms with E-state index in [1.807, 2.05) is 40.7 Å². The molecule has 0 N–H and O–H groups in total. The summed E-state index contributed by atoms with van der Waals surface area (Å²) in [6.07, 6.45) is 1.18. The summed E-state index contributed by atoms with van der Waals surface area (Å²) in [4.78, 5) is 33.4. The standard InChI is InChI=1S/C17H22N4O2S/c1-19(2)10-14-9-17(23)21-6-3-5-20(11-15(21)18-14)16(22)8-13-4-7-24-12-13/h4,7,9,12H,3,5-6,8,10-11H2,1-2H3. The topological polar surface area (TPSA) is 58.4 Å². The molecule has 0 aromatic carbocycles. The molecule has 0 fully saturated rings. The van der Waals surface area contributed by atoms with Gasteiger partial charge in [0.2, 0.25) is 5.91 Å². The minimum absolute atomic E-state index is 0.0241. The first-order chi connectivity index (χ1) is 11.5. The normalized spacial score (nSPS) is 14.5. The van der Waals surface area contributed by atoms with E-state index in [0.29, 0.717) is 38.4 Å². The average Bonchev–Trinajstić information content (AvgIpc) is 2.91. The van der Waals surface area contributed by atoms with Crippen LogP contribution in [0.2, 0.25) is 0 Å². The van der Waals surface area contributed by atoms with Crippen molar-refractivity contribution in [3.63, 3.8) is 0 Å². The van der Waals surface area contributed by atoms with Crippen molar-refractivity contribution in [1.82, 2.24) is 19.4 Å². The molecule has 1 amide bonds. The first-order valence-electron chi connectivity index (χ1n) is 8.06. The lowest BCUT2D eigenvalue weighted by Gasteiger charge is -2.20. The second-order valence-corrected chi connectivity index (χ2v) is 7.15. The van der Waals surface area contributed by atoms with Crippen LogP contribution in [0.3, 0.4) is 0 Å². The first-order valence-corrected chi connectivity index (χ1v) is 9.00. The van der Waals surface area contributed by atoms with Crippen LogP contribution in [-0.4, -0.2) is 45.9 Å². The molecule has 2 aromatic rings. The van der Waals surface area contributed by atoms with E-state index in [1.54, 1.807) is 22.0 Å². The van der Waals surface area contributed by atoms with E-state index < -0.39 is 0 Å². The molecule has 0 radical (unpaired) electrons. The smallest absolute Gasteiger partial charge is 0.253 e. The van der Waals surface area contributed by atoms with Crippen LogP contribution >= 0.6 is 11.3 Å². The summed E-state index contributed by atoms with van der Waals surface area (Å²) in [5, 5.41) is 3.98. The largest absolute Gasteiger partial charge is 0.335 e. The van der Waals surface area contributed by atoms with Crippen LogP contribution in [0.4, 0.5) is 0 Å². The highest BCUT2D eigenvalue weighted by Crippen LogP contribution is 2.13. The van der Waals surface area contributed by atoms with Crippen LogP contribution in [0.1, 0.15) is 23.5 Å². The van der Waals surface area contributed by atoms with Crippen molar-refractivity contribution < 1.29 is 4.79 Å². The number of fused-ring (bicyclic) bond motifs is 1. The summed E-state index contributed by atoms with van der Waals surface area (Å²) in [6.45, 7) is 2.30. The number of thiophene rings is 1. The van der Waals surface area contributed by atoms with Gasteiger partial charge >= 0.3 is 0 Å². The van der Waals surface area contributed by atoms with Crippen molar-refractivity contribution in [1.29, 1.82) is 0 Å². The molecule has 3 heterocycles. The van der Waals surface area contributed by atoms with E-state index in [-0.39, 0.29) is 11.5 Å². The Bertz CT molecular complexity index is 767. The quantitative estimate of drug-likeness (QED) is 0.838. The minimum atomic E-state index is -0.0241. The zero-order valence-electron chi connectivity index (χ0n) is 14.1. The predicted octanol–water partition coefficient (Wildman–Crippen LogP) is 1.34. The molecule has 0 atom stereocenters. The van der Waals surface area contributed by atoms with Crippen LogP contribution in [0.5, 0.6) is 0 Å².